The molecule has 0 amide bonds. The molecule has 1 rings (SSSR count). The number of pyridine rings is 1. The molecule has 2 nitrogen and oxygen atoms in total. The van der Waals surface area contributed by atoms with Crippen molar-refractivity contribution < 1.29 is 0 Å². The highest BCUT2D eigenvalue weighted by Crippen LogP contribution is 2.03. The van der Waals surface area contributed by atoms with Gasteiger partial charge in [-0.25, -0.2) is 0 Å². The summed E-state index contributed by atoms with van der Waals surface area (Å²) in [5.41, 5.74) is 1.01. The molecule has 42 valence electrons. The number of aromatic nitrogens is 1. The predicted octanol–water partition coefficient (Wildman–Crippen LogP) is 1.28. The van der Waals surface area contributed by atoms with E-state index in [1.165, 1.54) is 0 Å². The number of nitrogens with zero attached hydrogens (tertiary/aromatic N) is 1. The summed E-state index contributed by atoms with van der Waals surface area (Å²) < 4.78 is 0. The summed E-state index contributed by atoms with van der Waals surface area (Å²) in [4.78, 5) is 3.88. The second kappa shape index (κ2) is 2.63. The highest BCUT2D eigenvalue weighted by molar-refractivity contribution is 7.18. The fourth-order valence-corrected chi connectivity index (χ4v) is 0.619. The SMILES string of the molecule is PNc1cccnc1. The van der Waals surface area contributed by atoms with Crippen LogP contribution in [-0.4, -0.2) is 4.98 Å². The first-order chi connectivity index (χ1) is 3.93. The first kappa shape index (κ1) is 5.52. The van der Waals surface area contributed by atoms with Crippen molar-refractivity contribution in [3.8, 4) is 0 Å². The van der Waals surface area contributed by atoms with Crippen LogP contribution in [0.1, 0.15) is 0 Å². The Morgan fingerprint density at radius 2 is 2.50 bits per heavy atom. The molecular weight excluding hydrogens is 119 g/mol. The van der Waals surface area contributed by atoms with E-state index < -0.39 is 0 Å². The second-order valence-electron chi connectivity index (χ2n) is 1.39. The fourth-order valence-electron chi connectivity index (χ4n) is 0.448. The van der Waals surface area contributed by atoms with Crippen LogP contribution < -0.4 is 5.09 Å². The zero-order valence-corrected chi connectivity index (χ0v) is 5.49. The van der Waals surface area contributed by atoms with Crippen LogP contribution in [0.4, 0.5) is 5.69 Å². The van der Waals surface area contributed by atoms with Gasteiger partial charge in [0, 0.05) is 6.20 Å². The van der Waals surface area contributed by atoms with Gasteiger partial charge in [0.2, 0.25) is 0 Å². The zero-order valence-electron chi connectivity index (χ0n) is 4.33. The van der Waals surface area contributed by atoms with Crippen molar-refractivity contribution in [1.29, 1.82) is 0 Å². The van der Waals surface area contributed by atoms with E-state index >= 15 is 0 Å². The Bertz CT molecular complexity index is 152. The summed E-state index contributed by atoms with van der Waals surface area (Å²) in [5.74, 6) is 0. The lowest BCUT2D eigenvalue weighted by atomic mass is 10.4. The first-order valence-electron chi connectivity index (χ1n) is 2.30. The van der Waals surface area contributed by atoms with Gasteiger partial charge < -0.3 is 5.09 Å². The van der Waals surface area contributed by atoms with Crippen LogP contribution >= 0.6 is 9.39 Å². The third kappa shape index (κ3) is 1.17. The molecule has 0 aliphatic carbocycles. The molecule has 0 saturated carbocycles. The van der Waals surface area contributed by atoms with E-state index in [9.17, 15) is 0 Å². The Balaban J connectivity index is 2.83. The van der Waals surface area contributed by atoms with E-state index in [-0.39, 0.29) is 0 Å². The van der Waals surface area contributed by atoms with Crippen molar-refractivity contribution in [3.05, 3.63) is 24.5 Å². The van der Waals surface area contributed by atoms with Crippen LogP contribution in [0.2, 0.25) is 0 Å². The minimum Gasteiger partial charge on any atom is -0.368 e. The van der Waals surface area contributed by atoms with E-state index in [4.69, 9.17) is 0 Å². The standard InChI is InChI=1S/C5H7N2P/c8-7-5-2-1-3-6-4-5/h1-4,7H,8H2. The molecule has 1 atom stereocenters. The molecule has 3 heteroatoms. The Labute approximate surface area is 50.6 Å². The van der Waals surface area contributed by atoms with Crippen LogP contribution in [0.3, 0.4) is 0 Å². The van der Waals surface area contributed by atoms with Crippen molar-refractivity contribution in [2.45, 2.75) is 0 Å². The highest BCUT2D eigenvalue weighted by Gasteiger charge is 1.79. The maximum atomic E-state index is 3.88. The summed E-state index contributed by atoms with van der Waals surface area (Å²) in [6, 6.07) is 3.83. The smallest absolute Gasteiger partial charge is 0.0555 e. The largest absolute Gasteiger partial charge is 0.368 e. The lowest BCUT2D eigenvalue weighted by Crippen LogP contribution is -1.77. The van der Waals surface area contributed by atoms with Gasteiger partial charge in [-0.2, -0.15) is 0 Å². The molecule has 0 bridgehead atoms. The lowest BCUT2D eigenvalue weighted by molar-refractivity contribution is 1.33. The van der Waals surface area contributed by atoms with Gasteiger partial charge in [-0.3, -0.25) is 4.98 Å². The number of hydrogen-bond donors (Lipinski definition) is 1. The molecule has 0 saturated heterocycles. The van der Waals surface area contributed by atoms with E-state index in [1.807, 2.05) is 12.1 Å². The first-order valence-corrected chi connectivity index (χ1v) is 2.88. The molecule has 0 aliphatic heterocycles. The van der Waals surface area contributed by atoms with Crippen LogP contribution in [0.15, 0.2) is 24.5 Å². The van der Waals surface area contributed by atoms with Crippen LogP contribution in [-0.2, 0) is 0 Å². The zero-order chi connectivity index (χ0) is 5.82. The van der Waals surface area contributed by atoms with Crippen molar-refractivity contribution in [3.63, 3.8) is 0 Å². The summed E-state index contributed by atoms with van der Waals surface area (Å²) in [7, 11) is 2.40. The Morgan fingerprint density at radius 3 is 2.88 bits per heavy atom. The molecule has 0 aromatic carbocycles. The van der Waals surface area contributed by atoms with Crippen molar-refractivity contribution in [2.75, 3.05) is 5.09 Å². The molecule has 1 aromatic heterocycles. The van der Waals surface area contributed by atoms with Crippen LogP contribution in [0.5, 0.6) is 0 Å². The Hall–Kier alpha value is -0.620. The number of nitrogens with one attached hydrogen (secondary N) is 1. The maximum Gasteiger partial charge on any atom is 0.0555 e. The molecule has 1 heterocycles. The number of hydrogen-bond acceptors (Lipinski definition) is 2. The molecule has 0 aliphatic rings. The van der Waals surface area contributed by atoms with Gasteiger partial charge >= 0.3 is 0 Å². The summed E-state index contributed by atoms with van der Waals surface area (Å²) in [5, 5.41) is 2.88. The van der Waals surface area contributed by atoms with Crippen molar-refractivity contribution >= 4 is 15.1 Å². The maximum absolute atomic E-state index is 3.88. The van der Waals surface area contributed by atoms with E-state index in [0.29, 0.717) is 0 Å². The minimum atomic E-state index is 1.01. The summed E-state index contributed by atoms with van der Waals surface area (Å²) in [6.45, 7) is 0. The molecule has 8 heavy (non-hydrogen) atoms. The van der Waals surface area contributed by atoms with Gasteiger partial charge in [0.25, 0.3) is 0 Å². The lowest BCUT2D eigenvalue weighted by Gasteiger charge is -1.93. The average Bonchev–Trinajstić information content (AvgIpc) is 1.90. The third-order valence-corrected chi connectivity index (χ3v) is 1.16. The minimum absolute atomic E-state index is 1.01. The van der Waals surface area contributed by atoms with Crippen LogP contribution in [0.25, 0.3) is 0 Å². The van der Waals surface area contributed by atoms with Gasteiger partial charge in [-0.05, 0) is 21.5 Å². The monoisotopic (exact) mass is 126 g/mol. The molecule has 0 radical (unpaired) electrons. The summed E-state index contributed by atoms with van der Waals surface area (Å²) >= 11 is 0. The average molecular weight is 126 g/mol. The molecule has 1 N–H and O–H groups in total. The van der Waals surface area contributed by atoms with E-state index in [0.717, 1.165) is 5.69 Å². The van der Waals surface area contributed by atoms with Gasteiger partial charge in [0.1, 0.15) is 0 Å². The van der Waals surface area contributed by atoms with Gasteiger partial charge in [0.15, 0.2) is 0 Å². The van der Waals surface area contributed by atoms with Gasteiger partial charge in [-0.15, -0.1) is 0 Å². The van der Waals surface area contributed by atoms with E-state index in [1.54, 1.807) is 12.4 Å². The van der Waals surface area contributed by atoms with Gasteiger partial charge in [0.05, 0.1) is 11.9 Å². The molecule has 0 fully saturated rings. The Morgan fingerprint density at radius 1 is 1.62 bits per heavy atom. The number of rotatable bonds is 1. The van der Waals surface area contributed by atoms with Gasteiger partial charge in [-0.1, -0.05) is 0 Å². The second-order valence-corrected chi connectivity index (χ2v) is 1.67. The van der Waals surface area contributed by atoms with Crippen molar-refractivity contribution in [2.24, 2.45) is 0 Å². The normalized spacial score (nSPS) is 8.62. The molecular formula is C5H7N2P. The fraction of sp³-hybridized carbons (Fsp3) is 0. The predicted molar refractivity (Wildman–Crippen MR) is 37.6 cm³/mol. The highest BCUT2D eigenvalue weighted by atomic mass is 31.0. The molecule has 1 unspecified atom stereocenters. The topological polar surface area (TPSA) is 24.9 Å². The quantitative estimate of drug-likeness (QED) is 0.573. The summed E-state index contributed by atoms with van der Waals surface area (Å²) in [6.07, 6.45) is 3.50. The third-order valence-electron chi connectivity index (χ3n) is 0.828. The van der Waals surface area contributed by atoms with E-state index in [2.05, 4.69) is 19.5 Å². The molecule has 0 spiro atoms. The van der Waals surface area contributed by atoms with Crippen molar-refractivity contribution in [1.82, 2.24) is 4.98 Å². The number of anilines is 1. The van der Waals surface area contributed by atoms with Crippen LogP contribution in [0, 0.1) is 0 Å². The molecule has 1 aromatic rings. The Kier molecular flexibility index (Phi) is 1.81.